The zero-order chi connectivity index (χ0) is 18.6. The minimum Gasteiger partial charge on any atom is -0.492 e. The third-order valence-electron chi connectivity index (χ3n) is 4.70. The summed E-state index contributed by atoms with van der Waals surface area (Å²) in [4.78, 5) is 9.23. The summed E-state index contributed by atoms with van der Waals surface area (Å²) in [6.45, 7) is 10.4. The molecule has 2 rings (SSSR count). The summed E-state index contributed by atoms with van der Waals surface area (Å²) in [5.74, 6) is 1.75. The molecule has 0 radical (unpaired) electrons. The van der Waals surface area contributed by atoms with Gasteiger partial charge in [0.1, 0.15) is 12.4 Å². The van der Waals surface area contributed by atoms with Gasteiger partial charge in [0, 0.05) is 39.8 Å². The Morgan fingerprint density at radius 3 is 2.37 bits per heavy atom. The lowest BCUT2D eigenvalue weighted by atomic mass is 10.2. The van der Waals surface area contributed by atoms with Crippen LogP contribution in [0.25, 0.3) is 0 Å². The van der Waals surface area contributed by atoms with E-state index in [1.54, 1.807) is 7.05 Å². The molecule has 0 atom stereocenters. The molecule has 1 saturated heterocycles. The minimum atomic E-state index is 0. The van der Waals surface area contributed by atoms with E-state index < -0.39 is 0 Å². The van der Waals surface area contributed by atoms with Crippen LogP contribution in [0.5, 0.6) is 5.75 Å². The van der Waals surface area contributed by atoms with Crippen LogP contribution in [-0.4, -0.2) is 82.3 Å². The van der Waals surface area contributed by atoms with E-state index in [1.165, 1.54) is 44.7 Å². The Morgan fingerprint density at radius 1 is 1.04 bits per heavy atom. The van der Waals surface area contributed by atoms with Gasteiger partial charge in [0.2, 0.25) is 0 Å². The predicted molar refractivity (Wildman–Crippen MR) is 125 cm³/mol. The van der Waals surface area contributed by atoms with Gasteiger partial charge in [-0.1, -0.05) is 17.7 Å². The van der Waals surface area contributed by atoms with Crippen LogP contribution >= 0.6 is 24.0 Å². The lowest BCUT2D eigenvalue weighted by Crippen LogP contribution is -2.44. The van der Waals surface area contributed by atoms with E-state index >= 15 is 0 Å². The molecule has 1 heterocycles. The smallest absolute Gasteiger partial charge is 0.191 e. The maximum absolute atomic E-state index is 5.72. The van der Waals surface area contributed by atoms with Gasteiger partial charge in [0.15, 0.2) is 5.96 Å². The molecule has 0 amide bonds. The number of piperazine rings is 1. The Hall–Kier alpha value is -1.06. The van der Waals surface area contributed by atoms with Gasteiger partial charge in [0.25, 0.3) is 0 Å². The van der Waals surface area contributed by atoms with Gasteiger partial charge in [-0.25, -0.2) is 0 Å². The Kier molecular flexibility index (Phi) is 12.4. The molecule has 1 aromatic rings. The van der Waals surface area contributed by atoms with Crippen molar-refractivity contribution in [3.8, 4) is 5.75 Å². The van der Waals surface area contributed by atoms with Crippen molar-refractivity contribution in [1.29, 1.82) is 0 Å². The van der Waals surface area contributed by atoms with Crippen LogP contribution in [0.15, 0.2) is 29.3 Å². The van der Waals surface area contributed by atoms with E-state index in [9.17, 15) is 0 Å². The second kappa shape index (κ2) is 14.0. The lowest BCUT2D eigenvalue weighted by Gasteiger charge is -2.32. The SMILES string of the molecule is CN=C(NCCCCN1CCN(C)CC1)NCCOc1ccc(C)cc1.I. The summed E-state index contributed by atoms with van der Waals surface area (Å²) < 4.78 is 5.72. The molecule has 2 N–H and O–H groups in total. The Balaban J connectivity index is 0.00000364. The summed E-state index contributed by atoms with van der Waals surface area (Å²) in [6, 6.07) is 8.13. The van der Waals surface area contributed by atoms with Crippen LogP contribution in [-0.2, 0) is 0 Å². The zero-order valence-electron chi connectivity index (χ0n) is 17.0. The molecule has 6 nitrogen and oxygen atoms in total. The average Bonchev–Trinajstić information content (AvgIpc) is 2.66. The first-order valence-electron chi connectivity index (χ1n) is 9.72. The van der Waals surface area contributed by atoms with E-state index in [0.29, 0.717) is 6.61 Å². The number of aliphatic imine (C=N–C) groups is 1. The molecule has 0 saturated carbocycles. The van der Waals surface area contributed by atoms with Gasteiger partial charge in [-0.05, 0) is 45.5 Å². The predicted octanol–water partition coefficient (Wildman–Crippen LogP) is 2.18. The number of likely N-dealkylation sites (N-methyl/N-ethyl adjacent to an activating group) is 1. The van der Waals surface area contributed by atoms with Gasteiger partial charge >= 0.3 is 0 Å². The summed E-state index contributed by atoms with van der Waals surface area (Å²) >= 11 is 0. The number of guanidine groups is 1. The summed E-state index contributed by atoms with van der Waals surface area (Å²) in [6.07, 6.45) is 2.39. The van der Waals surface area contributed by atoms with Crippen LogP contribution in [0.4, 0.5) is 0 Å². The van der Waals surface area contributed by atoms with Crippen molar-refractivity contribution >= 4 is 29.9 Å². The first kappa shape index (κ1) is 24.0. The normalized spacial score (nSPS) is 15.9. The van der Waals surface area contributed by atoms with Crippen molar-refractivity contribution in [2.75, 3.05) is 66.5 Å². The Labute approximate surface area is 181 Å². The second-order valence-electron chi connectivity index (χ2n) is 6.94. The van der Waals surface area contributed by atoms with Crippen LogP contribution < -0.4 is 15.4 Å². The summed E-state index contributed by atoms with van der Waals surface area (Å²) in [5.41, 5.74) is 1.24. The van der Waals surface area contributed by atoms with Gasteiger partial charge < -0.3 is 25.2 Å². The highest BCUT2D eigenvalue weighted by atomic mass is 127. The number of ether oxygens (including phenoxy) is 1. The number of unbranched alkanes of at least 4 members (excludes halogenated alkanes) is 1. The first-order chi connectivity index (χ1) is 12.7. The van der Waals surface area contributed by atoms with Crippen molar-refractivity contribution in [3.63, 3.8) is 0 Å². The van der Waals surface area contributed by atoms with Crippen molar-refractivity contribution in [1.82, 2.24) is 20.4 Å². The number of nitrogens with zero attached hydrogens (tertiary/aromatic N) is 3. The number of benzene rings is 1. The molecule has 0 unspecified atom stereocenters. The van der Waals surface area contributed by atoms with E-state index in [4.69, 9.17) is 4.74 Å². The number of rotatable bonds is 9. The zero-order valence-corrected chi connectivity index (χ0v) is 19.4. The number of aryl methyl sites for hydroxylation is 1. The fourth-order valence-electron chi connectivity index (χ4n) is 2.93. The molecule has 1 fully saturated rings. The molecular formula is C20H36IN5O. The summed E-state index contributed by atoms with van der Waals surface area (Å²) in [7, 11) is 4.01. The van der Waals surface area contributed by atoms with Crippen LogP contribution in [0.3, 0.4) is 0 Å². The molecule has 7 heteroatoms. The van der Waals surface area contributed by atoms with Crippen molar-refractivity contribution in [2.24, 2.45) is 4.99 Å². The molecule has 1 aliphatic heterocycles. The molecule has 0 aromatic heterocycles. The molecule has 154 valence electrons. The van der Waals surface area contributed by atoms with E-state index in [1.807, 2.05) is 12.1 Å². The Bertz CT molecular complexity index is 530. The van der Waals surface area contributed by atoms with Crippen LogP contribution in [0.2, 0.25) is 0 Å². The molecule has 27 heavy (non-hydrogen) atoms. The largest absolute Gasteiger partial charge is 0.492 e. The second-order valence-corrected chi connectivity index (χ2v) is 6.94. The van der Waals surface area contributed by atoms with Gasteiger partial charge in [-0.2, -0.15) is 0 Å². The lowest BCUT2D eigenvalue weighted by molar-refractivity contribution is 0.152. The highest BCUT2D eigenvalue weighted by Crippen LogP contribution is 2.10. The van der Waals surface area contributed by atoms with Gasteiger partial charge in [-0.15, -0.1) is 24.0 Å². The number of nitrogens with one attached hydrogen (secondary N) is 2. The van der Waals surface area contributed by atoms with E-state index in [2.05, 4.69) is 51.5 Å². The van der Waals surface area contributed by atoms with Crippen LogP contribution in [0, 0.1) is 6.92 Å². The maximum Gasteiger partial charge on any atom is 0.191 e. The molecule has 1 aliphatic rings. The van der Waals surface area contributed by atoms with Gasteiger partial charge in [-0.3, -0.25) is 4.99 Å². The van der Waals surface area contributed by atoms with Crippen molar-refractivity contribution in [2.45, 2.75) is 19.8 Å². The molecule has 0 aliphatic carbocycles. The standard InChI is InChI=1S/C20H35N5O.HI/c1-18-6-8-19(9-7-18)26-17-11-23-20(21-2)22-10-4-5-12-25-15-13-24(3)14-16-25;/h6-9H,4-5,10-17H2,1-3H3,(H2,21,22,23);1H. The van der Waals surface area contributed by atoms with Crippen LogP contribution in [0.1, 0.15) is 18.4 Å². The highest BCUT2D eigenvalue weighted by molar-refractivity contribution is 14.0. The van der Waals surface area contributed by atoms with Crippen molar-refractivity contribution in [3.05, 3.63) is 29.8 Å². The maximum atomic E-state index is 5.72. The van der Waals surface area contributed by atoms with Gasteiger partial charge in [0.05, 0.1) is 6.54 Å². The number of halogens is 1. The van der Waals surface area contributed by atoms with E-state index in [0.717, 1.165) is 31.2 Å². The third-order valence-corrected chi connectivity index (χ3v) is 4.70. The average molecular weight is 489 g/mol. The number of hydrogen-bond donors (Lipinski definition) is 2. The Morgan fingerprint density at radius 2 is 1.70 bits per heavy atom. The minimum absolute atomic E-state index is 0. The molecular weight excluding hydrogens is 453 g/mol. The monoisotopic (exact) mass is 489 g/mol. The summed E-state index contributed by atoms with van der Waals surface area (Å²) in [5, 5.41) is 6.67. The topological polar surface area (TPSA) is 52.1 Å². The first-order valence-corrected chi connectivity index (χ1v) is 9.72. The molecule has 1 aromatic carbocycles. The molecule has 0 spiro atoms. The third kappa shape index (κ3) is 10.2. The number of hydrogen-bond acceptors (Lipinski definition) is 4. The fraction of sp³-hybridized carbons (Fsp3) is 0.650. The fourth-order valence-corrected chi connectivity index (χ4v) is 2.93. The highest BCUT2D eigenvalue weighted by Gasteiger charge is 2.12. The quantitative estimate of drug-likeness (QED) is 0.241. The van der Waals surface area contributed by atoms with Crippen molar-refractivity contribution < 1.29 is 4.74 Å². The molecule has 0 bridgehead atoms. The van der Waals surface area contributed by atoms with E-state index in [-0.39, 0.29) is 24.0 Å².